The van der Waals surface area contributed by atoms with Gasteiger partial charge in [-0.2, -0.15) is 0 Å². The molecule has 0 saturated heterocycles. The topological polar surface area (TPSA) is 43.1 Å². The third kappa shape index (κ3) is 3.61. The molecular weight excluding hydrogens is 270 g/mol. The second-order valence-electron chi connectivity index (χ2n) is 5.40. The van der Waals surface area contributed by atoms with Crippen LogP contribution in [0.2, 0.25) is 5.02 Å². The molecule has 0 aliphatic rings. The van der Waals surface area contributed by atoms with Gasteiger partial charge in [0.25, 0.3) is 0 Å². The summed E-state index contributed by atoms with van der Waals surface area (Å²) in [5.74, 6) is 0.506. The van der Waals surface area contributed by atoms with Gasteiger partial charge in [0.05, 0.1) is 0 Å². The van der Waals surface area contributed by atoms with Crippen molar-refractivity contribution >= 4 is 23.1 Å². The minimum absolute atomic E-state index is 0.0511. The number of benzene rings is 2. The molecule has 0 spiro atoms. The Morgan fingerprint density at radius 2 is 1.90 bits per heavy atom. The van der Waals surface area contributed by atoms with Gasteiger partial charge in [-0.05, 0) is 42.2 Å². The third-order valence-electron chi connectivity index (χ3n) is 3.02. The van der Waals surface area contributed by atoms with Gasteiger partial charge in [0, 0.05) is 21.8 Å². The normalized spacial score (nSPS) is 10.8. The number of halogens is 1. The van der Waals surface area contributed by atoms with Crippen molar-refractivity contribution in [3.05, 3.63) is 64.2 Å². The fourth-order valence-corrected chi connectivity index (χ4v) is 2.46. The maximum Gasteiger partial charge on any atom is 0.193 e. The van der Waals surface area contributed by atoms with Crippen molar-refractivity contribution in [2.24, 2.45) is 5.92 Å². The third-order valence-corrected chi connectivity index (χ3v) is 3.23. The highest BCUT2D eigenvalue weighted by atomic mass is 35.5. The lowest BCUT2D eigenvalue weighted by molar-refractivity contribution is 0.103. The number of ketones is 1. The smallest absolute Gasteiger partial charge is 0.193 e. The van der Waals surface area contributed by atoms with Crippen molar-refractivity contribution in [2.75, 3.05) is 5.73 Å². The maximum absolute atomic E-state index is 12.5. The van der Waals surface area contributed by atoms with Crippen molar-refractivity contribution in [1.82, 2.24) is 0 Å². The molecular formula is C17H18ClNO. The van der Waals surface area contributed by atoms with Gasteiger partial charge in [-0.25, -0.2) is 0 Å². The zero-order valence-corrected chi connectivity index (χ0v) is 12.4. The second kappa shape index (κ2) is 6.10. The number of nitrogens with two attached hydrogens (primary N) is 1. The molecule has 0 aliphatic carbocycles. The molecule has 104 valence electrons. The zero-order chi connectivity index (χ0) is 14.7. The van der Waals surface area contributed by atoms with Crippen LogP contribution in [0.3, 0.4) is 0 Å². The van der Waals surface area contributed by atoms with Crippen molar-refractivity contribution in [1.29, 1.82) is 0 Å². The van der Waals surface area contributed by atoms with E-state index in [1.54, 1.807) is 18.2 Å². The van der Waals surface area contributed by atoms with Gasteiger partial charge < -0.3 is 5.73 Å². The first-order chi connectivity index (χ1) is 9.45. The lowest BCUT2D eigenvalue weighted by Crippen LogP contribution is -2.04. The van der Waals surface area contributed by atoms with Gasteiger partial charge in [-0.1, -0.05) is 43.6 Å². The van der Waals surface area contributed by atoms with Crippen molar-refractivity contribution in [3.63, 3.8) is 0 Å². The van der Waals surface area contributed by atoms with Crippen LogP contribution >= 0.6 is 11.6 Å². The molecule has 0 saturated carbocycles. The summed E-state index contributed by atoms with van der Waals surface area (Å²) < 4.78 is 0. The number of nitrogen functional groups attached to an aromatic ring is 1. The minimum atomic E-state index is -0.0511. The second-order valence-corrected chi connectivity index (χ2v) is 5.84. The molecule has 2 N–H and O–H groups in total. The SMILES string of the molecule is CC(C)Cc1cccc(C(=O)c2cc(N)cc(Cl)c2)c1. The summed E-state index contributed by atoms with van der Waals surface area (Å²) in [6, 6.07) is 12.7. The maximum atomic E-state index is 12.5. The lowest BCUT2D eigenvalue weighted by atomic mass is 9.97. The molecule has 2 rings (SSSR count). The molecule has 0 unspecified atom stereocenters. The Morgan fingerprint density at radius 3 is 2.55 bits per heavy atom. The van der Waals surface area contributed by atoms with E-state index in [1.165, 1.54) is 5.56 Å². The number of anilines is 1. The summed E-state index contributed by atoms with van der Waals surface area (Å²) in [6.45, 7) is 4.32. The molecule has 2 aromatic carbocycles. The summed E-state index contributed by atoms with van der Waals surface area (Å²) in [4.78, 5) is 12.5. The van der Waals surface area contributed by atoms with Crippen LogP contribution in [0.15, 0.2) is 42.5 Å². The molecule has 0 aromatic heterocycles. The van der Waals surface area contributed by atoms with Crippen LogP contribution in [0.25, 0.3) is 0 Å². The molecule has 0 fully saturated rings. The first-order valence-corrected chi connectivity index (χ1v) is 7.03. The predicted octanol–water partition coefficient (Wildman–Crippen LogP) is 4.35. The van der Waals surface area contributed by atoms with E-state index in [4.69, 9.17) is 17.3 Å². The summed E-state index contributed by atoms with van der Waals surface area (Å²) >= 11 is 5.95. The Kier molecular flexibility index (Phi) is 4.46. The summed E-state index contributed by atoms with van der Waals surface area (Å²) in [6.07, 6.45) is 0.957. The number of carbonyl (C=O) groups is 1. The van der Waals surface area contributed by atoms with Crippen molar-refractivity contribution < 1.29 is 4.79 Å². The van der Waals surface area contributed by atoms with Crippen LogP contribution in [0, 0.1) is 5.92 Å². The van der Waals surface area contributed by atoms with Gasteiger partial charge in [0.1, 0.15) is 0 Å². The van der Waals surface area contributed by atoms with E-state index in [9.17, 15) is 4.79 Å². The predicted molar refractivity (Wildman–Crippen MR) is 84.3 cm³/mol. The standard InChI is InChI=1S/C17H18ClNO/c1-11(2)6-12-4-3-5-13(7-12)17(20)14-8-15(18)10-16(19)9-14/h3-5,7-11H,6,19H2,1-2H3. The summed E-state index contributed by atoms with van der Waals surface area (Å²) in [5, 5.41) is 0.478. The Labute approximate surface area is 124 Å². The van der Waals surface area contributed by atoms with Gasteiger partial charge in [0.2, 0.25) is 0 Å². The highest BCUT2D eigenvalue weighted by Crippen LogP contribution is 2.20. The highest BCUT2D eigenvalue weighted by molar-refractivity contribution is 6.31. The molecule has 2 aromatic rings. The first kappa shape index (κ1) is 14.6. The first-order valence-electron chi connectivity index (χ1n) is 6.65. The van der Waals surface area contributed by atoms with Crippen LogP contribution in [-0.2, 0) is 6.42 Å². The van der Waals surface area contributed by atoms with Crippen LogP contribution in [0.5, 0.6) is 0 Å². The largest absolute Gasteiger partial charge is 0.399 e. The monoisotopic (exact) mass is 287 g/mol. The van der Waals surface area contributed by atoms with Crippen molar-refractivity contribution in [2.45, 2.75) is 20.3 Å². The van der Waals surface area contributed by atoms with E-state index in [0.29, 0.717) is 27.8 Å². The Balaban J connectivity index is 2.33. The Hall–Kier alpha value is -1.80. The number of hydrogen-bond donors (Lipinski definition) is 1. The molecule has 0 bridgehead atoms. The number of rotatable bonds is 4. The fourth-order valence-electron chi connectivity index (χ4n) is 2.22. The zero-order valence-electron chi connectivity index (χ0n) is 11.7. The van der Waals surface area contributed by atoms with Gasteiger partial charge in [-0.15, -0.1) is 0 Å². The van der Waals surface area contributed by atoms with E-state index in [-0.39, 0.29) is 5.78 Å². The van der Waals surface area contributed by atoms with Gasteiger partial charge in [-0.3, -0.25) is 4.79 Å². The van der Waals surface area contributed by atoms with E-state index < -0.39 is 0 Å². The van der Waals surface area contributed by atoms with Gasteiger partial charge in [0.15, 0.2) is 5.78 Å². The van der Waals surface area contributed by atoms with E-state index in [2.05, 4.69) is 13.8 Å². The number of hydrogen-bond acceptors (Lipinski definition) is 2. The van der Waals surface area contributed by atoms with Crippen molar-refractivity contribution in [3.8, 4) is 0 Å². The molecule has 0 atom stereocenters. The molecule has 2 nitrogen and oxygen atoms in total. The average Bonchev–Trinajstić information content (AvgIpc) is 2.36. The van der Waals surface area contributed by atoms with Gasteiger partial charge >= 0.3 is 0 Å². The summed E-state index contributed by atoms with van der Waals surface area (Å²) in [7, 11) is 0. The minimum Gasteiger partial charge on any atom is -0.399 e. The summed E-state index contributed by atoms with van der Waals surface area (Å²) in [5.41, 5.74) is 8.60. The van der Waals surface area contributed by atoms with Crippen LogP contribution in [-0.4, -0.2) is 5.78 Å². The van der Waals surface area contributed by atoms with Crippen LogP contribution in [0.1, 0.15) is 35.3 Å². The average molecular weight is 288 g/mol. The molecule has 0 heterocycles. The molecule has 0 aliphatic heterocycles. The lowest BCUT2D eigenvalue weighted by Gasteiger charge is -2.08. The quantitative estimate of drug-likeness (QED) is 0.671. The molecule has 3 heteroatoms. The fraction of sp³-hybridized carbons (Fsp3) is 0.235. The van der Waals surface area contributed by atoms with E-state index in [0.717, 1.165) is 6.42 Å². The number of carbonyl (C=O) groups excluding carboxylic acids is 1. The van der Waals surface area contributed by atoms with Crippen LogP contribution in [0.4, 0.5) is 5.69 Å². The van der Waals surface area contributed by atoms with Crippen LogP contribution < -0.4 is 5.73 Å². The highest BCUT2D eigenvalue weighted by Gasteiger charge is 2.11. The molecule has 0 amide bonds. The Morgan fingerprint density at radius 1 is 1.15 bits per heavy atom. The molecule has 20 heavy (non-hydrogen) atoms. The van der Waals surface area contributed by atoms with E-state index in [1.807, 2.05) is 24.3 Å². The molecule has 0 radical (unpaired) electrons. The van der Waals surface area contributed by atoms with E-state index >= 15 is 0 Å². The Bertz CT molecular complexity index is 614.